The Labute approximate surface area is 136 Å². The van der Waals surface area contributed by atoms with Crippen LogP contribution in [0.3, 0.4) is 0 Å². The van der Waals surface area contributed by atoms with Gasteiger partial charge in [-0.15, -0.1) is 0 Å². The van der Waals surface area contributed by atoms with Gasteiger partial charge in [-0.2, -0.15) is 0 Å². The van der Waals surface area contributed by atoms with E-state index in [1.54, 1.807) is 7.11 Å². The zero-order valence-corrected chi connectivity index (χ0v) is 13.5. The normalized spacial score (nSPS) is 20.3. The van der Waals surface area contributed by atoms with Crippen molar-refractivity contribution < 1.29 is 14.3 Å². The highest BCUT2D eigenvalue weighted by Gasteiger charge is 2.28. The molecule has 0 bridgehead atoms. The third-order valence-corrected chi connectivity index (χ3v) is 4.52. The first-order chi connectivity index (χ1) is 11.1. The van der Waals surface area contributed by atoms with E-state index in [9.17, 15) is 4.79 Å². The number of carbonyl (C=O) groups is 1. The summed E-state index contributed by atoms with van der Waals surface area (Å²) in [4.78, 5) is 13.6. The Balaban J connectivity index is 1.82. The molecule has 2 unspecified atom stereocenters. The first-order valence-electron chi connectivity index (χ1n) is 7.81. The van der Waals surface area contributed by atoms with Gasteiger partial charge in [0.05, 0.1) is 13.7 Å². The van der Waals surface area contributed by atoms with Crippen LogP contribution < -0.4 is 10.5 Å². The average Bonchev–Trinajstić information content (AvgIpc) is 2.60. The maximum Gasteiger partial charge on any atom is 0.247 e. The van der Waals surface area contributed by atoms with E-state index in [1.807, 2.05) is 12.1 Å². The third kappa shape index (κ3) is 3.30. The van der Waals surface area contributed by atoms with Crippen LogP contribution in [0.5, 0.6) is 5.75 Å². The molecule has 0 spiro atoms. The monoisotopic (exact) mass is 314 g/mol. The van der Waals surface area contributed by atoms with Gasteiger partial charge in [0, 0.05) is 19.1 Å². The smallest absolute Gasteiger partial charge is 0.247 e. The van der Waals surface area contributed by atoms with Crippen molar-refractivity contribution in [1.29, 1.82) is 0 Å². The molecule has 3 rings (SSSR count). The van der Waals surface area contributed by atoms with Gasteiger partial charge in [0.2, 0.25) is 5.91 Å². The molecular weight excluding hydrogens is 292 g/mol. The molecular formula is C18H22N2O3. The molecule has 1 saturated heterocycles. The summed E-state index contributed by atoms with van der Waals surface area (Å²) in [7, 11) is 1.67. The summed E-state index contributed by atoms with van der Waals surface area (Å²) in [5, 5.41) is 2.33. The van der Waals surface area contributed by atoms with E-state index < -0.39 is 12.0 Å². The number of nitrogens with zero attached hydrogens (tertiary/aromatic N) is 1. The Morgan fingerprint density at radius 3 is 2.78 bits per heavy atom. The van der Waals surface area contributed by atoms with Crippen molar-refractivity contribution >= 4 is 16.7 Å². The lowest BCUT2D eigenvalue weighted by Gasteiger charge is -2.35. The van der Waals surface area contributed by atoms with Crippen molar-refractivity contribution in [2.75, 3.05) is 26.8 Å². The summed E-state index contributed by atoms with van der Waals surface area (Å²) >= 11 is 0. The summed E-state index contributed by atoms with van der Waals surface area (Å²) in [5.41, 5.74) is 6.58. The van der Waals surface area contributed by atoms with Gasteiger partial charge in [0.15, 0.2) is 0 Å². The molecule has 1 amide bonds. The maximum absolute atomic E-state index is 11.4. The molecule has 1 aliphatic rings. The van der Waals surface area contributed by atoms with Gasteiger partial charge in [0.1, 0.15) is 11.9 Å². The number of carbonyl (C=O) groups excluding carboxylic acids is 1. The highest BCUT2D eigenvalue weighted by molar-refractivity contribution is 5.84. The number of ether oxygens (including phenoxy) is 2. The van der Waals surface area contributed by atoms with Gasteiger partial charge in [-0.1, -0.05) is 18.2 Å². The summed E-state index contributed by atoms with van der Waals surface area (Å²) in [6.07, 6.45) is -0.518. The molecule has 1 heterocycles. The predicted octanol–water partition coefficient (Wildman–Crippen LogP) is 2.10. The number of morpholine rings is 1. The molecule has 122 valence electrons. The number of benzene rings is 2. The van der Waals surface area contributed by atoms with Crippen LogP contribution in [-0.2, 0) is 9.53 Å². The van der Waals surface area contributed by atoms with Gasteiger partial charge in [-0.3, -0.25) is 9.69 Å². The van der Waals surface area contributed by atoms with Gasteiger partial charge >= 0.3 is 0 Å². The van der Waals surface area contributed by atoms with Gasteiger partial charge in [-0.25, -0.2) is 0 Å². The quantitative estimate of drug-likeness (QED) is 0.938. The molecule has 0 aliphatic carbocycles. The Hall–Kier alpha value is -2.11. The Kier molecular flexibility index (Phi) is 4.50. The molecule has 23 heavy (non-hydrogen) atoms. The van der Waals surface area contributed by atoms with Crippen molar-refractivity contribution in [2.24, 2.45) is 5.73 Å². The lowest BCUT2D eigenvalue weighted by molar-refractivity contribution is -0.136. The van der Waals surface area contributed by atoms with Crippen molar-refractivity contribution in [1.82, 2.24) is 4.90 Å². The standard InChI is InChI=1S/C18H22N2O3/c1-12(20-7-8-23-17(11-20)18(19)21)13-3-4-15-10-16(22-2)6-5-14(15)9-13/h3-6,9-10,12,17H,7-8,11H2,1-2H3,(H2,19,21). The van der Waals surface area contributed by atoms with E-state index in [1.165, 1.54) is 10.9 Å². The van der Waals surface area contributed by atoms with Crippen LogP contribution in [0.15, 0.2) is 36.4 Å². The summed E-state index contributed by atoms with van der Waals surface area (Å²) in [6, 6.07) is 12.7. The van der Waals surface area contributed by atoms with Gasteiger partial charge < -0.3 is 15.2 Å². The number of hydrogen-bond acceptors (Lipinski definition) is 4. The summed E-state index contributed by atoms with van der Waals surface area (Å²) in [5.74, 6) is 0.461. The number of fused-ring (bicyclic) bond motifs is 1. The van der Waals surface area contributed by atoms with Crippen LogP contribution in [0.4, 0.5) is 0 Å². The van der Waals surface area contributed by atoms with E-state index in [4.69, 9.17) is 15.2 Å². The highest BCUT2D eigenvalue weighted by Crippen LogP contribution is 2.27. The first kappa shape index (κ1) is 15.8. The van der Waals surface area contributed by atoms with Crippen LogP contribution in [0.2, 0.25) is 0 Å². The Morgan fingerprint density at radius 1 is 1.30 bits per heavy atom. The molecule has 2 aromatic rings. The SMILES string of the molecule is COc1ccc2cc(C(C)N3CCOC(C(N)=O)C3)ccc2c1. The van der Waals surface area contributed by atoms with Crippen LogP contribution >= 0.6 is 0 Å². The van der Waals surface area contributed by atoms with Crippen molar-refractivity contribution in [3.8, 4) is 5.75 Å². The van der Waals surface area contributed by atoms with Crippen molar-refractivity contribution in [3.05, 3.63) is 42.0 Å². The first-order valence-corrected chi connectivity index (χ1v) is 7.81. The van der Waals surface area contributed by atoms with Gasteiger partial charge in [-0.05, 0) is 41.5 Å². The summed E-state index contributed by atoms with van der Waals surface area (Å²) < 4.78 is 10.7. The molecule has 1 aliphatic heterocycles. The minimum Gasteiger partial charge on any atom is -0.497 e. The second kappa shape index (κ2) is 6.56. The number of rotatable bonds is 4. The number of amides is 1. The maximum atomic E-state index is 11.4. The molecule has 5 nitrogen and oxygen atoms in total. The lowest BCUT2D eigenvalue weighted by atomic mass is 10.0. The van der Waals surface area contributed by atoms with Crippen LogP contribution in [-0.4, -0.2) is 43.7 Å². The van der Waals surface area contributed by atoms with E-state index in [2.05, 4.69) is 36.1 Å². The largest absolute Gasteiger partial charge is 0.497 e. The molecule has 2 atom stereocenters. The number of nitrogens with two attached hydrogens (primary N) is 1. The van der Waals surface area contributed by atoms with E-state index in [0.717, 1.165) is 17.7 Å². The topological polar surface area (TPSA) is 64.8 Å². The van der Waals surface area contributed by atoms with Crippen LogP contribution in [0.25, 0.3) is 10.8 Å². The second-order valence-electron chi connectivity index (χ2n) is 5.91. The van der Waals surface area contributed by atoms with Crippen molar-refractivity contribution in [3.63, 3.8) is 0 Å². The molecule has 1 fully saturated rings. The third-order valence-electron chi connectivity index (χ3n) is 4.52. The fourth-order valence-electron chi connectivity index (χ4n) is 3.03. The minimum absolute atomic E-state index is 0.201. The molecule has 0 radical (unpaired) electrons. The Bertz CT molecular complexity index is 716. The van der Waals surface area contributed by atoms with Crippen LogP contribution in [0.1, 0.15) is 18.5 Å². The minimum atomic E-state index is -0.518. The number of primary amides is 1. The molecule has 2 aromatic carbocycles. The lowest BCUT2D eigenvalue weighted by Crippen LogP contribution is -2.49. The number of hydrogen-bond donors (Lipinski definition) is 1. The molecule has 2 N–H and O–H groups in total. The number of methoxy groups -OCH3 is 1. The van der Waals surface area contributed by atoms with E-state index in [0.29, 0.717) is 13.2 Å². The molecule has 0 aromatic heterocycles. The zero-order valence-electron chi connectivity index (χ0n) is 13.5. The zero-order chi connectivity index (χ0) is 16.4. The van der Waals surface area contributed by atoms with E-state index in [-0.39, 0.29) is 6.04 Å². The fraction of sp³-hybridized carbons (Fsp3) is 0.389. The predicted molar refractivity (Wildman–Crippen MR) is 89.4 cm³/mol. The molecule has 0 saturated carbocycles. The summed E-state index contributed by atoms with van der Waals surface area (Å²) in [6.45, 7) is 4.01. The second-order valence-corrected chi connectivity index (χ2v) is 5.91. The van der Waals surface area contributed by atoms with Crippen LogP contribution in [0, 0.1) is 0 Å². The molecule has 5 heteroatoms. The van der Waals surface area contributed by atoms with E-state index >= 15 is 0 Å². The Morgan fingerprint density at radius 2 is 2.04 bits per heavy atom. The highest BCUT2D eigenvalue weighted by atomic mass is 16.5. The average molecular weight is 314 g/mol. The van der Waals surface area contributed by atoms with Crippen molar-refractivity contribution in [2.45, 2.75) is 19.1 Å². The fourth-order valence-corrected chi connectivity index (χ4v) is 3.03. The van der Waals surface area contributed by atoms with Gasteiger partial charge in [0.25, 0.3) is 0 Å².